The van der Waals surface area contributed by atoms with Gasteiger partial charge in [0.1, 0.15) is 24.0 Å². The summed E-state index contributed by atoms with van der Waals surface area (Å²) in [5.41, 5.74) is 0.636. The summed E-state index contributed by atoms with van der Waals surface area (Å²) in [6.07, 6.45) is 1.45. The molecule has 0 bridgehead atoms. The molecule has 0 unspecified atom stereocenters. The average molecular weight is 405 g/mol. The van der Waals surface area contributed by atoms with Gasteiger partial charge in [0.15, 0.2) is 11.6 Å². The lowest BCUT2D eigenvalue weighted by Crippen LogP contribution is -2.12. The minimum atomic E-state index is -0.917. The van der Waals surface area contributed by atoms with Crippen LogP contribution in [0.25, 0.3) is 0 Å². The van der Waals surface area contributed by atoms with Gasteiger partial charge >= 0.3 is 0 Å². The number of anilines is 1. The standard InChI is InChI=1S/C20H15ClF2N2O3/c21-10-18(26)25-14-4-9-19(24-11-14)28-16-7-5-15(6-8-16)27-12-13-2-1-3-17(22)20(13)23/h1-9,11H,10,12H2,(H,25,26). The summed E-state index contributed by atoms with van der Waals surface area (Å²) >= 11 is 5.42. The van der Waals surface area contributed by atoms with Crippen LogP contribution in [0.1, 0.15) is 5.56 Å². The van der Waals surface area contributed by atoms with Crippen LogP contribution in [-0.2, 0) is 11.4 Å². The topological polar surface area (TPSA) is 60.5 Å². The number of amides is 1. The van der Waals surface area contributed by atoms with Crippen LogP contribution in [0.15, 0.2) is 60.8 Å². The van der Waals surface area contributed by atoms with Gasteiger partial charge in [-0.15, -0.1) is 11.6 Å². The van der Waals surface area contributed by atoms with Gasteiger partial charge < -0.3 is 14.8 Å². The molecule has 1 heterocycles. The second-order valence-corrected chi connectivity index (χ2v) is 5.91. The van der Waals surface area contributed by atoms with E-state index in [0.717, 1.165) is 6.07 Å². The number of nitrogens with zero attached hydrogens (tertiary/aromatic N) is 1. The molecule has 3 aromatic rings. The summed E-state index contributed by atoms with van der Waals surface area (Å²) in [5, 5.41) is 2.57. The Morgan fingerprint density at radius 2 is 1.79 bits per heavy atom. The number of alkyl halides is 1. The molecule has 0 aliphatic heterocycles. The molecule has 3 rings (SSSR count). The molecule has 8 heteroatoms. The van der Waals surface area contributed by atoms with Gasteiger partial charge in [0.2, 0.25) is 11.8 Å². The molecule has 0 aliphatic carbocycles. The number of nitrogens with one attached hydrogen (secondary N) is 1. The predicted octanol–water partition coefficient (Wildman–Crippen LogP) is 4.91. The highest BCUT2D eigenvalue weighted by molar-refractivity contribution is 6.29. The smallest absolute Gasteiger partial charge is 0.239 e. The van der Waals surface area contributed by atoms with Crippen LogP contribution in [0.5, 0.6) is 17.4 Å². The second-order valence-electron chi connectivity index (χ2n) is 5.64. The number of rotatable bonds is 7. The van der Waals surface area contributed by atoms with Crippen molar-refractivity contribution in [3.63, 3.8) is 0 Å². The number of pyridine rings is 1. The first-order valence-corrected chi connectivity index (χ1v) is 8.74. The van der Waals surface area contributed by atoms with Crippen molar-refractivity contribution in [2.45, 2.75) is 6.61 Å². The fraction of sp³-hybridized carbons (Fsp3) is 0.100. The number of aromatic nitrogens is 1. The third-order valence-corrected chi connectivity index (χ3v) is 3.86. The molecule has 144 valence electrons. The van der Waals surface area contributed by atoms with Gasteiger partial charge in [-0.1, -0.05) is 12.1 Å². The first-order chi connectivity index (χ1) is 13.5. The predicted molar refractivity (Wildman–Crippen MR) is 101 cm³/mol. The van der Waals surface area contributed by atoms with Gasteiger partial charge in [0.25, 0.3) is 0 Å². The number of carbonyl (C=O) groups excluding carboxylic acids is 1. The minimum absolute atomic E-state index is 0.0964. The normalized spacial score (nSPS) is 10.4. The Morgan fingerprint density at radius 3 is 2.46 bits per heavy atom. The van der Waals surface area contributed by atoms with E-state index in [0.29, 0.717) is 23.1 Å². The Labute approximate surface area is 164 Å². The number of hydrogen-bond acceptors (Lipinski definition) is 4. The summed E-state index contributed by atoms with van der Waals surface area (Å²) in [6.45, 7) is -0.0964. The van der Waals surface area contributed by atoms with E-state index < -0.39 is 11.6 Å². The SMILES string of the molecule is O=C(CCl)Nc1ccc(Oc2ccc(OCc3cccc(F)c3F)cc2)nc1. The van der Waals surface area contributed by atoms with Crippen molar-refractivity contribution < 1.29 is 23.0 Å². The molecule has 2 aromatic carbocycles. The van der Waals surface area contributed by atoms with Crippen molar-refractivity contribution in [1.82, 2.24) is 4.98 Å². The number of hydrogen-bond donors (Lipinski definition) is 1. The average Bonchev–Trinajstić information content (AvgIpc) is 2.71. The summed E-state index contributed by atoms with van der Waals surface area (Å²) < 4.78 is 37.9. The van der Waals surface area contributed by atoms with Gasteiger partial charge in [0, 0.05) is 11.6 Å². The molecule has 0 atom stereocenters. The number of carbonyl (C=O) groups is 1. The zero-order valence-electron chi connectivity index (χ0n) is 14.5. The number of benzene rings is 2. The quantitative estimate of drug-likeness (QED) is 0.568. The first-order valence-electron chi connectivity index (χ1n) is 8.20. The van der Waals surface area contributed by atoms with E-state index in [1.165, 1.54) is 18.3 Å². The first kappa shape index (κ1) is 19.6. The zero-order valence-corrected chi connectivity index (χ0v) is 15.2. The molecular weight excluding hydrogens is 390 g/mol. The van der Waals surface area contributed by atoms with E-state index in [-0.39, 0.29) is 24.0 Å². The van der Waals surface area contributed by atoms with Crippen molar-refractivity contribution in [3.8, 4) is 17.4 Å². The van der Waals surface area contributed by atoms with Crippen LogP contribution in [0, 0.1) is 11.6 Å². The molecule has 0 fully saturated rings. The maximum Gasteiger partial charge on any atom is 0.239 e. The van der Waals surface area contributed by atoms with E-state index in [2.05, 4.69) is 10.3 Å². The van der Waals surface area contributed by atoms with Gasteiger partial charge in [-0.2, -0.15) is 0 Å². The molecule has 28 heavy (non-hydrogen) atoms. The van der Waals surface area contributed by atoms with Crippen LogP contribution in [0.3, 0.4) is 0 Å². The third-order valence-electron chi connectivity index (χ3n) is 3.61. The molecule has 0 saturated heterocycles. The Balaban J connectivity index is 1.57. The van der Waals surface area contributed by atoms with Crippen LogP contribution >= 0.6 is 11.6 Å². The lowest BCUT2D eigenvalue weighted by atomic mass is 10.2. The molecule has 5 nitrogen and oxygen atoms in total. The second kappa shape index (κ2) is 9.14. The summed E-state index contributed by atoms with van der Waals surface area (Å²) in [7, 11) is 0. The van der Waals surface area contributed by atoms with Gasteiger partial charge in [0.05, 0.1) is 11.9 Å². The molecule has 0 saturated carbocycles. The molecule has 0 aliphatic rings. The zero-order chi connectivity index (χ0) is 19.9. The van der Waals surface area contributed by atoms with E-state index >= 15 is 0 Å². The molecule has 1 aromatic heterocycles. The van der Waals surface area contributed by atoms with Crippen molar-refractivity contribution >= 4 is 23.2 Å². The van der Waals surface area contributed by atoms with Crippen LogP contribution in [0.2, 0.25) is 0 Å². The van der Waals surface area contributed by atoms with E-state index in [1.807, 2.05) is 0 Å². The summed E-state index contributed by atoms with van der Waals surface area (Å²) in [5.74, 6) is -0.981. The largest absolute Gasteiger partial charge is 0.489 e. The van der Waals surface area contributed by atoms with Gasteiger partial charge in [-0.05, 0) is 36.4 Å². The Bertz CT molecular complexity index is 951. The fourth-order valence-electron chi connectivity index (χ4n) is 2.25. The third kappa shape index (κ3) is 5.17. The van der Waals surface area contributed by atoms with E-state index in [1.54, 1.807) is 36.4 Å². The number of ether oxygens (including phenoxy) is 2. The molecule has 0 radical (unpaired) electrons. The van der Waals surface area contributed by atoms with Crippen molar-refractivity contribution in [2.75, 3.05) is 11.2 Å². The van der Waals surface area contributed by atoms with Crippen LogP contribution < -0.4 is 14.8 Å². The Kier molecular flexibility index (Phi) is 6.39. The maximum absolute atomic E-state index is 13.6. The fourth-order valence-corrected chi connectivity index (χ4v) is 2.32. The summed E-state index contributed by atoms with van der Waals surface area (Å²) in [4.78, 5) is 15.3. The molecule has 1 amide bonds. The number of halogens is 3. The lowest BCUT2D eigenvalue weighted by Gasteiger charge is -2.09. The van der Waals surface area contributed by atoms with Gasteiger partial charge in [-0.25, -0.2) is 13.8 Å². The van der Waals surface area contributed by atoms with Crippen molar-refractivity contribution in [1.29, 1.82) is 0 Å². The van der Waals surface area contributed by atoms with Gasteiger partial charge in [-0.3, -0.25) is 4.79 Å². The highest BCUT2D eigenvalue weighted by Crippen LogP contribution is 2.24. The maximum atomic E-state index is 13.6. The Hall–Kier alpha value is -3.19. The lowest BCUT2D eigenvalue weighted by molar-refractivity contribution is -0.113. The van der Waals surface area contributed by atoms with Crippen molar-refractivity contribution in [2.24, 2.45) is 0 Å². The van der Waals surface area contributed by atoms with Crippen LogP contribution in [-0.4, -0.2) is 16.8 Å². The highest BCUT2D eigenvalue weighted by atomic mass is 35.5. The summed E-state index contributed by atoms with van der Waals surface area (Å²) in [6, 6.07) is 13.8. The van der Waals surface area contributed by atoms with E-state index in [9.17, 15) is 13.6 Å². The molecular formula is C20H15ClF2N2O3. The Morgan fingerprint density at radius 1 is 1.04 bits per heavy atom. The van der Waals surface area contributed by atoms with E-state index in [4.69, 9.17) is 21.1 Å². The minimum Gasteiger partial charge on any atom is -0.489 e. The molecule has 1 N–H and O–H groups in total. The highest BCUT2D eigenvalue weighted by Gasteiger charge is 2.08. The monoisotopic (exact) mass is 404 g/mol. The van der Waals surface area contributed by atoms with Crippen molar-refractivity contribution in [3.05, 3.63) is 78.0 Å². The van der Waals surface area contributed by atoms with Crippen LogP contribution in [0.4, 0.5) is 14.5 Å². The molecule has 0 spiro atoms.